The van der Waals surface area contributed by atoms with Gasteiger partial charge in [0, 0.05) is 38.8 Å². The molecule has 184 valence electrons. The highest BCUT2D eigenvalue weighted by Crippen LogP contribution is 2.37. The highest BCUT2D eigenvalue weighted by molar-refractivity contribution is 7.92. The number of anilines is 2. The van der Waals surface area contributed by atoms with Gasteiger partial charge in [-0.05, 0) is 37.3 Å². The van der Waals surface area contributed by atoms with Crippen LogP contribution >= 0.6 is 12.4 Å². The Morgan fingerprint density at radius 1 is 1.03 bits per heavy atom. The van der Waals surface area contributed by atoms with Crippen LogP contribution in [0.15, 0.2) is 41.3 Å². The van der Waals surface area contributed by atoms with Crippen molar-refractivity contribution in [3.63, 3.8) is 0 Å². The molecule has 0 atom stereocenters. The van der Waals surface area contributed by atoms with Crippen LogP contribution in [0.25, 0.3) is 0 Å². The quantitative estimate of drug-likeness (QED) is 0.557. The fourth-order valence-corrected chi connectivity index (χ4v) is 5.10. The monoisotopic (exact) mass is 507 g/mol. The molecule has 2 aromatic carbocycles. The number of benzene rings is 2. The first kappa shape index (κ1) is 26.7. The Balaban J connectivity index is 0.00000385. The molecule has 0 saturated carbocycles. The molecule has 12 heteroatoms. The van der Waals surface area contributed by atoms with E-state index in [1.807, 2.05) is 0 Å². The number of nitrogens with one attached hydrogen (secondary N) is 1. The molecule has 1 N–H and O–H groups in total. The standard InChI is InChI=1S/C21H27F2N3O5S.ClH/c1-4-26(15-5-7-19(30-3)20(13-15)31-21(22)23)32(27,28)16-6-8-18(29-2)17(14-16)25-11-9-24-10-12-25;/h5-8,13-14,21,24H,4,9-12H2,1-3H3;1H. The van der Waals surface area contributed by atoms with Crippen LogP contribution < -0.4 is 28.7 Å². The predicted molar refractivity (Wildman–Crippen MR) is 125 cm³/mol. The summed E-state index contributed by atoms with van der Waals surface area (Å²) in [5.41, 5.74) is 0.867. The van der Waals surface area contributed by atoms with E-state index in [0.717, 1.165) is 17.4 Å². The number of halogens is 3. The van der Waals surface area contributed by atoms with Crippen LogP contribution in [0, 0.1) is 0 Å². The number of rotatable bonds is 9. The molecule has 33 heavy (non-hydrogen) atoms. The number of methoxy groups -OCH3 is 2. The minimum absolute atomic E-state index is 0. The molecule has 1 fully saturated rings. The third kappa shape index (κ3) is 5.90. The Bertz CT molecular complexity index is 1040. The average Bonchev–Trinajstić information content (AvgIpc) is 2.79. The van der Waals surface area contributed by atoms with Gasteiger partial charge in [-0.2, -0.15) is 8.78 Å². The van der Waals surface area contributed by atoms with Crippen LogP contribution in [0.3, 0.4) is 0 Å². The SMILES string of the molecule is CCN(c1ccc(OC)c(OC(F)F)c1)S(=O)(=O)c1ccc(OC)c(N2CCNCC2)c1.Cl. The van der Waals surface area contributed by atoms with E-state index >= 15 is 0 Å². The van der Waals surface area contributed by atoms with E-state index in [-0.39, 0.29) is 41.0 Å². The van der Waals surface area contributed by atoms with Crippen molar-refractivity contribution in [2.75, 3.05) is 56.1 Å². The number of hydrogen-bond acceptors (Lipinski definition) is 7. The second-order valence-electron chi connectivity index (χ2n) is 6.95. The van der Waals surface area contributed by atoms with E-state index in [1.165, 1.54) is 38.5 Å². The first-order chi connectivity index (χ1) is 15.3. The van der Waals surface area contributed by atoms with Gasteiger partial charge in [0.2, 0.25) is 0 Å². The molecule has 0 aromatic heterocycles. The molecule has 0 aliphatic carbocycles. The van der Waals surface area contributed by atoms with E-state index in [9.17, 15) is 17.2 Å². The lowest BCUT2D eigenvalue weighted by atomic mass is 10.2. The number of nitrogens with zero attached hydrogens (tertiary/aromatic N) is 2. The zero-order valence-corrected chi connectivity index (χ0v) is 20.2. The molecule has 1 aliphatic heterocycles. The van der Waals surface area contributed by atoms with Gasteiger partial charge in [-0.15, -0.1) is 12.4 Å². The van der Waals surface area contributed by atoms with Gasteiger partial charge >= 0.3 is 6.61 Å². The van der Waals surface area contributed by atoms with Gasteiger partial charge in [0.15, 0.2) is 11.5 Å². The molecule has 2 aromatic rings. The van der Waals surface area contributed by atoms with Gasteiger partial charge in [0.25, 0.3) is 10.0 Å². The van der Waals surface area contributed by atoms with Crippen LogP contribution in [0.2, 0.25) is 0 Å². The van der Waals surface area contributed by atoms with Crippen LogP contribution in [-0.2, 0) is 10.0 Å². The maximum atomic E-state index is 13.5. The van der Waals surface area contributed by atoms with E-state index in [4.69, 9.17) is 9.47 Å². The molecule has 0 unspecified atom stereocenters. The summed E-state index contributed by atoms with van der Waals surface area (Å²) in [5, 5.41) is 3.26. The second kappa shape index (κ2) is 11.6. The number of ether oxygens (including phenoxy) is 3. The van der Waals surface area contributed by atoms with Gasteiger partial charge in [0.05, 0.1) is 30.5 Å². The minimum Gasteiger partial charge on any atom is -0.495 e. The summed E-state index contributed by atoms with van der Waals surface area (Å²) in [4.78, 5) is 2.13. The summed E-state index contributed by atoms with van der Waals surface area (Å²) >= 11 is 0. The highest BCUT2D eigenvalue weighted by Gasteiger charge is 2.27. The first-order valence-corrected chi connectivity index (χ1v) is 11.5. The van der Waals surface area contributed by atoms with E-state index in [0.29, 0.717) is 24.5 Å². The summed E-state index contributed by atoms with van der Waals surface area (Å²) in [6.07, 6.45) is 0. The maximum absolute atomic E-state index is 13.5. The largest absolute Gasteiger partial charge is 0.495 e. The first-order valence-electron chi connectivity index (χ1n) is 10.1. The Morgan fingerprint density at radius 3 is 2.24 bits per heavy atom. The molecule has 1 heterocycles. The Labute approximate surface area is 198 Å². The molecule has 0 spiro atoms. The fourth-order valence-electron chi connectivity index (χ4n) is 3.61. The van der Waals surface area contributed by atoms with Gasteiger partial charge < -0.3 is 24.4 Å². The fraction of sp³-hybridized carbons (Fsp3) is 0.429. The molecule has 3 rings (SSSR count). The zero-order valence-electron chi connectivity index (χ0n) is 18.6. The molecular weight excluding hydrogens is 480 g/mol. The summed E-state index contributed by atoms with van der Waals surface area (Å²) in [7, 11) is -1.15. The average molecular weight is 508 g/mol. The lowest BCUT2D eigenvalue weighted by molar-refractivity contribution is -0.0511. The van der Waals surface area contributed by atoms with Crippen molar-refractivity contribution < 1.29 is 31.4 Å². The van der Waals surface area contributed by atoms with Gasteiger partial charge in [0.1, 0.15) is 5.75 Å². The van der Waals surface area contributed by atoms with Crippen LogP contribution in [0.5, 0.6) is 17.2 Å². The van der Waals surface area contributed by atoms with Crippen LogP contribution in [0.4, 0.5) is 20.2 Å². The summed E-state index contributed by atoms with van der Waals surface area (Å²) in [6.45, 7) is 1.65. The second-order valence-corrected chi connectivity index (χ2v) is 8.82. The Kier molecular flexibility index (Phi) is 9.38. The Morgan fingerprint density at radius 2 is 1.67 bits per heavy atom. The van der Waals surface area contributed by atoms with E-state index in [1.54, 1.807) is 19.1 Å². The van der Waals surface area contributed by atoms with Crippen molar-refractivity contribution in [1.29, 1.82) is 0 Å². The van der Waals surface area contributed by atoms with Crippen molar-refractivity contribution in [3.05, 3.63) is 36.4 Å². The molecule has 0 radical (unpaired) electrons. The van der Waals surface area contributed by atoms with Crippen molar-refractivity contribution in [3.8, 4) is 17.2 Å². The summed E-state index contributed by atoms with van der Waals surface area (Å²) in [6, 6.07) is 8.79. The normalized spacial score (nSPS) is 13.9. The molecular formula is C21H28ClF2N3O5S. The third-order valence-corrected chi connectivity index (χ3v) is 7.03. The van der Waals surface area contributed by atoms with Crippen molar-refractivity contribution in [2.24, 2.45) is 0 Å². The topological polar surface area (TPSA) is 80.3 Å². The highest BCUT2D eigenvalue weighted by atomic mass is 35.5. The van der Waals surface area contributed by atoms with Crippen LogP contribution in [0.1, 0.15) is 6.92 Å². The number of hydrogen-bond donors (Lipinski definition) is 1. The number of piperazine rings is 1. The lowest BCUT2D eigenvalue weighted by Crippen LogP contribution is -2.43. The van der Waals surface area contributed by atoms with Gasteiger partial charge in [-0.1, -0.05) is 0 Å². The smallest absolute Gasteiger partial charge is 0.387 e. The molecule has 0 bridgehead atoms. The van der Waals surface area contributed by atoms with Crippen LogP contribution in [-0.4, -0.2) is 62.0 Å². The van der Waals surface area contributed by atoms with Crippen molar-refractivity contribution in [1.82, 2.24) is 5.32 Å². The minimum atomic E-state index is -4.00. The number of alkyl halides is 2. The summed E-state index contributed by atoms with van der Waals surface area (Å²) < 4.78 is 68.8. The summed E-state index contributed by atoms with van der Waals surface area (Å²) in [5.74, 6) is 0.406. The third-order valence-electron chi connectivity index (χ3n) is 5.13. The Hall–Kier alpha value is -2.50. The molecule has 0 amide bonds. The zero-order chi connectivity index (χ0) is 23.3. The van der Waals surface area contributed by atoms with Gasteiger partial charge in [-0.3, -0.25) is 4.31 Å². The van der Waals surface area contributed by atoms with E-state index < -0.39 is 16.6 Å². The maximum Gasteiger partial charge on any atom is 0.387 e. The predicted octanol–water partition coefficient (Wildman–Crippen LogP) is 3.35. The molecule has 8 nitrogen and oxygen atoms in total. The van der Waals surface area contributed by atoms with Crippen molar-refractivity contribution in [2.45, 2.75) is 18.4 Å². The molecule has 1 saturated heterocycles. The van der Waals surface area contributed by atoms with Crippen molar-refractivity contribution >= 4 is 33.8 Å². The molecule has 1 aliphatic rings. The number of sulfonamides is 1. The van der Waals surface area contributed by atoms with E-state index in [2.05, 4.69) is 15.0 Å². The van der Waals surface area contributed by atoms with Gasteiger partial charge in [-0.25, -0.2) is 8.42 Å². The lowest BCUT2D eigenvalue weighted by Gasteiger charge is -2.31.